The van der Waals surface area contributed by atoms with Gasteiger partial charge in [0.1, 0.15) is 5.60 Å². The smallest absolute Gasteiger partial charge is 0.410 e. The average molecular weight is 688 g/mol. The van der Waals surface area contributed by atoms with Crippen molar-refractivity contribution in [2.24, 2.45) is 7.05 Å². The van der Waals surface area contributed by atoms with Crippen molar-refractivity contribution >= 4 is 33.1 Å². The van der Waals surface area contributed by atoms with Crippen molar-refractivity contribution in [1.29, 1.82) is 0 Å². The molecule has 0 unspecified atom stereocenters. The van der Waals surface area contributed by atoms with E-state index in [0.717, 1.165) is 35.2 Å². The molecule has 4 heterocycles. The summed E-state index contributed by atoms with van der Waals surface area (Å²) < 4.78 is 38.4. The largest absolute Gasteiger partial charge is 0.481 e. The number of hydrogen-bond acceptors (Lipinski definition) is 8. The van der Waals surface area contributed by atoms with Crippen molar-refractivity contribution in [2.45, 2.75) is 82.9 Å². The zero-order valence-electron chi connectivity index (χ0n) is 28.5. The molecule has 49 heavy (non-hydrogen) atoms. The van der Waals surface area contributed by atoms with Crippen LogP contribution in [0, 0.1) is 6.92 Å². The van der Waals surface area contributed by atoms with E-state index >= 15 is 0 Å². The zero-order valence-corrected chi connectivity index (χ0v) is 29.4. The number of carboxylic acid groups (broad SMARTS) is 1. The first-order valence-electron chi connectivity index (χ1n) is 16.2. The number of carboxylic acids is 1. The molecule has 1 saturated carbocycles. The summed E-state index contributed by atoms with van der Waals surface area (Å²) >= 11 is 0. The molecule has 1 aliphatic carbocycles. The molecule has 0 aliphatic heterocycles. The number of aromatic nitrogens is 6. The van der Waals surface area contributed by atoms with E-state index in [1.165, 1.54) is 8.87 Å². The number of pyridine rings is 1. The predicted octanol–water partition coefficient (Wildman–Crippen LogP) is 5.95. The van der Waals surface area contributed by atoms with Crippen LogP contribution in [0.2, 0.25) is 0 Å². The molecule has 1 aliphatic rings. The number of nitrogens with zero attached hydrogens (tertiary/aromatic N) is 7. The number of carbonyl (C=O) groups excluding carboxylic acids is 1. The van der Waals surface area contributed by atoms with E-state index in [4.69, 9.17) is 19.9 Å². The van der Waals surface area contributed by atoms with Crippen molar-refractivity contribution in [2.75, 3.05) is 7.05 Å². The Labute approximate surface area is 285 Å². The second-order valence-electron chi connectivity index (χ2n) is 13.7. The fraction of sp³-hybridized carbons (Fsp3) is 0.400. The zero-order chi connectivity index (χ0) is 35.2. The molecular formula is C35H41N7O6S. The van der Waals surface area contributed by atoms with E-state index in [-0.39, 0.29) is 29.4 Å². The summed E-state index contributed by atoms with van der Waals surface area (Å²) in [5.74, 6) is -0.642. The van der Waals surface area contributed by atoms with Crippen LogP contribution in [0.3, 0.4) is 0 Å². The van der Waals surface area contributed by atoms with Crippen LogP contribution >= 0.6 is 0 Å². The third kappa shape index (κ3) is 7.24. The van der Waals surface area contributed by atoms with Gasteiger partial charge in [0.25, 0.3) is 10.0 Å². The SMILES string of the molecule is Cc1ccc(S(=O)(=O)n2cc(-c3cn(CCCC(=O)O)nc3C3CC3)c3cc(-c4cn(C)nc4CN(C)C(=O)OC(C)(C)C)cnc32)cc1. The maximum Gasteiger partial charge on any atom is 0.410 e. The standard InChI is InChI=1S/C35H41N7O6S/c1-22-9-13-25(14-10-22)49(46,47)42-20-28(29-19-41(15-7-8-31(43)44)38-32(29)23-11-12-23)26-16-24(17-36-33(26)42)27-18-40(6)37-30(27)21-39(5)34(45)48-35(2,3)4/h9-10,13-14,16-20,23H,7-8,11-12,15,21H2,1-6H3,(H,43,44). The third-order valence-electron chi connectivity index (χ3n) is 8.32. The van der Waals surface area contributed by atoms with E-state index in [1.807, 2.05) is 46.2 Å². The van der Waals surface area contributed by atoms with Gasteiger partial charge in [-0.1, -0.05) is 17.7 Å². The van der Waals surface area contributed by atoms with Gasteiger partial charge in [-0.15, -0.1) is 0 Å². The number of amides is 1. The highest BCUT2D eigenvalue weighted by atomic mass is 32.2. The normalized spacial score (nSPS) is 13.6. The topological polar surface area (TPSA) is 154 Å². The summed E-state index contributed by atoms with van der Waals surface area (Å²) in [7, 11) is -0.595. The Bertz CT molecular complexity index is 2150. The fourth-order valence-electron chi connectivity index (χ4n) is 5.78. The molecule has 0 saturated heterocycles. The molecule has 13 nitrogen and oxygen atoms in total. The Morgan fingerprint density at radius 3 is 2.41 bits per heavy atom. The number of aryl methyl sites for hydroxylation is 3. The molecule has 0 radical (unpaired) electrons. The Hall–Kier alpha value is -4.98. The Morgan fingerprint density at radius 1 is 1.04 bits per heavy atom. The fourth-order valence-corrected chi connectivity index (χ4v) is 7.10. The van der Waals surface area contributed by atoms with Crippen LogP contribution in [-0.4, -0.2) is 71.7 Å². The van der Waals surface area contributed by atoms with Gasteiger partial charge in [0.05, 0.1) is 22.8 Å². The maximum absolute atomic E-state index is 14.1. The van der Waals surface area contributed by atoms with Gasteiger partial charge in [0, 0.05) is 85.4 Å². The highest BCUT2D eigenvalue weighted by Gasteiger charge is 2.32. The van der Waals surface area contributed by atoms with Gasteiger partial charge in [-0.05, 0) is 65.2 Å². The highest BCUT2D eigenvalue weighted by Crippen LogP contribution is 2.46. The minimum absolute atomic E-state index is 0.0197. The van der Waals surface area contributed by atoms with Crippen molar-refractivity contribution in [3.8, 4) is 22.3 Å². The quantitative estimate of drug-likeness (QED) is 0.177. The summed E-state index contributed by atoms with van der Waals surface area (Å²) in [5.41, 5.74) is 4.90. The molecule has 0 bridgehead atoms. The molecule has 1 aromatic carbocycles. The minimum Gasteiger partial charge on any atom is -0.481 e. The highest BCUT2D eigenvalue weighted by molar-refractivity contribution is 7.90. The molecule has 1 N–H and O–H groups in total. The minimum atomic E-state index is -4.04. The van der Waals surface area contributed by atoms with Crippen LogP contribution in [0.1, 0.15) is 69.3 Å². The molecule has 14 heteroatoms. The second-order valence-corrected chi connectivity index (χ2v) is 15.5. The Morgan fingerprint density at radius 2 is 1.76 bits per heavy atom. The van der Waals surface area contributed by atoms with Crippen molar-refractivity contribution < 1.29 is 27.9 Å². The van der Waals surface area contributed by atoms with Crippen LogP contribution in [0.25, 0.3) is 33.3 Å². The lowest BCUT2D eigenvalue weighted by atomic mass is 10.0. The Balaban J connectivity index is 1.48. The van der Waals surface area contributed by atoms with Gasteiger partial charge in [-0.3, -0.25) is 14.2 Å². The Kier molecular flexibility index (Phi) is 8.86. The molecular weight excluding hydrogens is 646 g/mol. The van der Waals surface area contributed by atoms with Crippen LogP contribution < -0.4 is 0 Å². The predicted molar refractivity (Wildman–Crippen MR) is 183 cm³/mol. The van der Waals surface area contributed by atoms with E-state index in [1.54, 1.807) is 60.1 Å². The van der Waals surface area contributed by atoms with E-state index in [9.17, 15) is 18.0 Å². The molecule has 1 amide bonds. The van der Waals surface area contributed by atoms with Gasteiger partial charge in [0.2, 0.25) is 0 Å². The van der Waals surface area contributed by atoms with Crippen LogP contribution in [0.4, 0.5) is 4.79 Å². The number of fused-ring (bicyclic) bond motifs is 1. The van der Waals surface area contributed by atoms with Gasteiger partial charge in [-0.25, -0.2) is 22.2 Å². The molecule has 258 valence electrons. The molecule has 5 aromatic rings. The lowest BCUT2D eigenvalue weighted by Crippen LogP contribution is -2.34. The maximum atomic E-state index is 14.1. The average Bonchev–Trinajstić information content (AvgIpc) is 3.50. The van der Waals surface area contributed by atoms with Crippen LogP contribution in [-0.2, 0) is 39.7 Å². The second kappa shape index (κ2) is 12.8. The van der Waals surface area contributed by atoms with Crippen LogP contribution in [0.15, 0.2) is 60.0 Å². The van der Waals surface area contributed by atoms with E-state index < -0.39 is 27.7 Å². The summed E-state index contributed by atoms with van der Waals surface area (Å²) in [5, 5.41) is 19.3. The molecule has 1 fully saturated rings. The summed E-state index contributed by atoms with van der Waals surface area (Å²) in [4.78, 5) is 30.3. The lowest BCUT2D eigenvalue weighted by Gasteiger charge is -2.24. The van der Waals surface area contributed by atoms with Crippen LogP contribution in [0.5, 0.6) is 0 Å². The van der Waals surface area contributed by atoms with E-state index in [0.29, 0.717) is 35.2 Å². The molecule has 0 atom stereocenters. The number of carbonyl (C=O) groups is 2. The number of rotatable bonds is 11. The monoisotopic (exact) mass is 687 g/mol. The van der Waals surface area contributed by atoms with Gasteiger partial charge >= 0.3 is 12.1 Å². The van der Waals surface area contributed by atoms with Crippen molar-refractivity contribution in [1.82, 2.24) is 33.4 Å². The first-order valence-corrected chi connectivity index (χ1v) is 17.6. The summed E-state index contributed by atoms with van der Waals surface area (Å²) in [6.07, 6.45) is 8.84. The lowest BCUT2D eigenvalue weighted by molar-refractivity contribution is -0.137. The molecule has 6 rings (SSSR count). The first-order chi connectivity index (χ1) is 23.1. The third-order valence-corrected chi connectivity index (χ3v) is 9.98. The van der Waals surface area contributed by atoms with Gasteiger partial charge < -0.3 is 14.7 Å². The van der Waals surface area contributed by atoms with Crippen molar-refractivity contribution in [3.63, 3.8) is 0 Å². The summed E-state index contributed by atoms with van der Waals surface area (Å²) in [6.45, 7) is 7.91. The number of hydrogen-bond donors (Lipinski definition) is 1. The molecule has 0 spiro atoms. The number of benzene rings is 1. The van der Waals surface area contributed by atoms with Gasteiger partial charge in [-0.2, -0.15) is 10.2 Å². The first kappa shape index (κ1) is 33.9. The van der Waals surface area contributed by atoms with E-state index in [2.05, 4.69) is 5.10 Å². The van der Waals surface area contributed by atoms with Crippen molar-refractivity contribution in [3.05, 3.63) is 72.1 Å². The molecule has 4 aromatic heterocycles. The van der Waals surface area contributed by atoms with Gasteiger partial charge in [0.15, 0.2) is 5.65 Å². The number of ether oxygens (including phenoxy) is 1. The number of aliphatic carboxylic acids is 1. The summed E-state index contributed by atoms with van der Waals surface area (Å²) in [6, 6.07) is 8.60.